The highest BCUT2D eigenvalue weighted by atomic mass is 33.3. The van der Waals surface area contributed by atoms with Crippen LogP contribution >= 0.6 is 28.0 Å². The average molecular weight is 426 g/mol. The number of carbonyl (C=O) groups is 1. The Morgan fingerprint density at radius 2 is 1.80 bits per heavy atom. The van der Waals surface area contributed by atoms with Gasteiger partial charge in [-0.3, -0.25) is 4.79 Å². The quantitative estimate of drug-likeness (QED) is 0.484. The van der Waals surface area contributed by atoms with Crippen molar-refractivity contribution in [2.45, 2.75) is 19.9 Å². The lowest BCUT2D eigenvalue weighted by Gasteiger charge is -2.38. The van der Waals surface area contributed by atoms with Crippen molar-refractivity contribution in [1.29, 1.82) is 0 Å². The zero-order valence-corrected chi connectivity index (χ0v) is 17.5. The molecule has 1 aliphatic rings. The molecule has 0 N–H and O–H groups in total. The molecule has 1 heterocycles. The fourth-order valence-electron chi connectivity index (χ4n) is 2.23. The minimum absolute atomic E-state index is 0.0583. The van der Waals surface area contributed by atoms with Crippen LogP contribution in [0.1, 0.15) is 24.2 Å². The van der Waals surface area contributed by atoms with Crippen molar-refractivity contribution in [3.8, 4) is 0 Å². The molecule has 0 bridgehead atoms. The molecule has 0 spiro atoms. The van der Waals surface area contributed by atoms with Gasteiger partial charge in [0.15, 0.2) is 0 Å². The third-order valence-electron chi connectivity index (χ3n) is 3.36. The number of hydrogen-bond donors (Lipinski definition) is 0. The van der Waals surface area contributed by atoms with Crippen molar-refractivity contribution in [1.82, 2.24) is 4.31 Å². The maximum absolute atomic E-state index is 12.9. The highest BCUT2D eigenvalue weighted by Crippen LogP contribution is 2.64. The molecule has 1 aromatic rings. The van der Waals surface area contributed by atoms with Crippen LogP contribution in [-0.2, 0) is 23.8 Å². The van der Waals surface area contributed by atoms with E-state index in [9.17, 15) is 17.8 Å². The molecular formula is C13H19N2O6PS3. The van der Waals surface area contributed by atoms with Crippen molar-refractivity contribution in [3.05, 3.63) is 29.8 Å². The molecular weight excluding hydrogens is 407 g/mol. The topological polar surface area (TPSA) is 93.2 Å². The number of fused-ring (bicyclic) bond motifs is 1. The monoisotopic (exact) mass is 426 g/mol. The van der Waals surface area contributed by atoms with Crippen molar-refractivity contribution in [2.75, 3.05) is 24.4 Å². The molecule has 0 aromatic heterocycles. The second-order valence-electron chi connectivity index (χ2n) is 5.20. The normalized spacial score (nSPS) is 17.1. The standard InChI is InChI=1S/C13H19N2O6PS3/c1-10(2)15-13(16)11-7-5-6-8-12(11)14(25(15,18)19)9-23-24-22(17,20-3)21-4/h5-8,10H,9H2,1-4H3. The first-order valence-corrected chi connectivity index (χ1v) is 13.0. The number of rotatable bonds is 7. The van der Waals surface area contributed by atoms with Crippen molar-refractivity contribution in [3.63, 3.8) is 0 Å². The molecule has 8 nitrogen and oxygen atoms in total. The second-order valence-corrected chi connectivity index (χ2v) is 13.0. The molecule has 0 saturated heterocycles. The van der Waals surface area contributed by atoms with Crippen LogP contribution in [0.5, 0.6) is 0 Å². The van der Waals surface area contributed by atoms with E-state index in [4.69, 9.17) is 9.05 Å². The predicted octanol–water partition coefficient (Wildman–Crippen LogP) is 3.34. The minimum atomic E-state index is -4.05. The molecule has 0 aliphatic carbocycles. The first-order valence-electron chi connectivity index (χ1n) is 7.16. The predicted molar refractivity (Wildman–Crippen MR) is 101 cm³/mol. The third kappa shape index (κ3) is 4.01. The Hall–Kier alpha value is -0.710. The van der Waals surface area contributed by atoms with Gasteiger partial charge in [0.1, 0.15) is 0 Å². The molecule has 0 radical (unpaired) electrons. The molecule has 1 aromatic carbocycles. The van der Waals surface area contributed by atoms with Crippen LogP contribution in [0.2, 0.25) is 0 Å². The number of nitrogens with zero attached hydrogens (tertiary/aromatic N) is 2. The lowest BCUT2D eigenvalue weighted by atomic mass is 10.1. The maximum Gasteiger partial charge on any atom is 0.399 e. The van der Waals surface area contributed by atoms with Gasteiger partial charge in [0.2, 0.25) is 0 Å². The Bertz CT molecular complexity index is 793. The molecule has 25 heavy (non-hydrogen) atoms. The summed E-state index contributed by atoms with van der Waals surface area (Å²) in [5.41, 5.74) is 0.598. The van der Waals surface area contributed by atoms with E-state index in [1.807, 2.05) is 0 Å². The van der Waals surface area contributed by atoms with Crippen molar-refractivity contribution in [2.24, 2.45) is 0 Å². The molecule has 12 heteroatoms. The fourth-order valence-corrected chi connectivity index (χ4v) is 9.16. The zero-order chi connectivity index (χ0) is 18.8. The van der Waals surface area contributed by atoms with Gasteiger partial charge in [-0.1, -0.05) is 22.9 Å². The first kappa shape index (κ1) is 20.6. The van der Waals surface area contributed by atoms with Crippen LogP contribution < -0.4 is 4.31 Å². The van der Waals surface area contributed by atoms with E-state index in [2.05, 4.69) is 0 Å². The largest absolute Gasteiger partial charge is 0.399 e. The third-order valence-corrected chi connectivity index (χ3v) is 11.7. The molecule has 2 rings (SSSR count). The van der Waals surface area contributed by atoms with E-state index < -0.39 is 29.0 Å². The number of amides is 1. The van der Waals surface area contributed by atoms with Gasteiger partial charge >= 0.3 is 17.0 Å². The zero-order valence-electron chi connectivity index (χ0n) is 14.1. The Labute approximate surface area is 155 Å². The second kappa shape index (κ2) is 7.89. The van der Waals surface area contributed by atoms with Crippen molar-refractivity contribution < 1.29 is 26.8 Å². The van der Waals surface area contributed by atoms with E-state index in [-0.39, 0.29) is 5.88 Å². The molecule has 1 amide bonds. The summed E-state index contributed by atoms with van der Waals surface area (Å²) in [7, 11) is 0.293. The fraction of sp³-hybridized carbons (Fsp3) is 0.462. The van der Waals surface area contributed by atoms with Crippen LogP contribution in [0.4, 0.5) is 5.69 Å². The van der Waals surface area contributed by atoms with Gasteiger partial charge in [0, 0.05) is 30.7 Å². The number of carbonyl (C=O) groups excluding carboxylic acids is 1. The lowest BCUT2D eigenvalue weighted by molar-refractivity contribution is 0.0831. The van der Waals surface area contributed by atoms with E-state index in [1.54, 1.807) is 38.1 Å². The Kier molecular flexibility index (Phi) is 6.50. The summed E-state index contributed by atoms with van der Waals surface area (Å²) in [5, 5.41) is 0. The van der Waals surface area contributed by atoms with E-state index in [0.717, 1.165) is 29.8 Å². The van der Waals surface area contributed by atoms with Crippen LogP contribution in [0.25, 0.3) is 0 Å². The molecule has 0 unspecified atom stereocenters. The Morgan fingerprint density at radius 1 is 1.20 bits per heavy atom. The van der Waals surface area contributed by atoms with Crippen LogP contribution in [0.15, 0.2) is 24.3 Å². The van der Waals surface area contributed by atoms with Crippen LogP contribution in [-0.4, -0.2) is 44.8 Å². The summed E-state index contributed by atoms with van der Waals surface area (Å²) < 4.78 is 49.5. The number of para-hydroxylation sites is 1. The Balaban J connectivity index is 2.36. The van der Waals surface area contributed by atoms with Crippen molar-refractivity contribution >= 4 is 49.8 Å². The van der Waals surface area contributed by atoms with Gasteiger partial charge in [-0.25, -0.2) is 13.2 Å². The smallest absolute Gasteiger partial charge is 0.304 e. The highest BCUT2D eigenvalue weighted by Gasteiger charge is 2.43. The SMILES string of the molecule is COP(=O)(OC)SSCN1c2ccccc2C(=O)N(C(C)C)S1(=O)=O. The first-order chi connectivity index (χ1) is 11.7. The molecule has 0 fully saturated rings. The average Bonchev–Trinajstić information content (AvgIpc) is 2.57. The van der Waals surface area contributed by atoms with Gasteiger partial charge in [0.25, 0.3) is 5.91 Å². The van der Waals surface area contributed by atoms with Crippen LogP contribution in [0, 0.1) is 0 Å². The lowest BCUT2D eigenvalue weighted by Crippen LogP contribution is -2.53. The number of anilines is 1. The number of hydrogen-bond acceptors (Lipinski definition) is 8. The van der Waals surface area contributed by atoms with Crippen LogP contribution in [0.3, 0.4) is 0 Å². The van der Waals surface area contributed by atoms with E-state index in [0.29, 0.717) is 11.3 Å². The van der Waals surface area contributed by atoms with E-state index >= 15 is 0 Å². The van der Waals surface area contributed by atoms with Gasteiger partial charge in [-0.2, -0.15) is 8.42 Å². The summed E-state index contributed by atoms with van der Waals surface area (Å²) in [6.07, 6.45) is 0. The molecule has 0 saturated carbocycles. The van der Waals surface area contributed by atoms with Gasteiger partial charge in [0.05, 0.1) is 17.1 Å². The summed E-state index contributed by atoms with van der Waals surface area (Å²) in [5.74, 6) is -0.615. The molecule has 140 valence electrons. The van der Waals surface area contributed by atoms with Gasteiger partial charge < -0.3 is 9.05 Å². The number of benzene rings is 1. The highest BCUT2D eigenvalue weighted by molar-refractivity contribution is 8.98. The maximum atomic E-state index is 12.9. The summed E-state index contributed by atoms with van der Waals surface area (Å²) >= 11 is 0. The molecule has 0 atom stereocenters. The summed E-state index contributed by atoms with van der Waals surface area (Å²) in [4.78, 5) is 12.6. The van der Waals surface area contributed by atoms with Gasteiger partial charge in [-0.05, 0) is 26.0 Å². The Morgan fingerprint density at radius 3 is 2.36 bits per heavy atom. The molecule has 1 aliphatic heterocycles. The summed E-state index contributed by atoms with van der Waals surface area (Å²) in [6.45, 7) is -0.0791. The summed E-state index contributed by atoms with van der Waals surface area (Å²) in [6, 6.07) is 5.96. The minimum Gasteiger partial charge on any atom is -0.304 e. The van der Waals surface area contributed by atoms with E-state index in [1.165, 1.54) is 14.2 Å². The van der Waals surface area contributed by atoms with Gasteiger partial charge in [-0.15, -0.1) is 0 Å².